The number of nitrogens with zero attached hydrogens (tertiary/aromatic N) is 3. The van der Waals surface area contributed by atoms with E-state index in [-0.39, 0.29) is 0 Å². The van der Waals surface area contributed by atoms with Gasteiger partial charge >= 0.3 is 0 Å². The highest BCUT2D eigenvalue weighted by molar-refractivity contribution is 14.1. The summed E-state index contributed by atoms with van der Waals surface area (Å²) >= 11 is 6.00. The number of halogens is 2. The van der Waals surface area contributed by atoms with Gasteiger partial charge < -0.3 is 5.32 Å². The minimum Gasteiger partial charge on any atom is -0.366 e. The van der Waals surface area contributed by atoms with Crippen LogP contribution < -0.4 is 5.32 Å². The Labute approximate surface area is 200 Å². The molecule has 2 fully saturated rings. The van der Waals surface area contributed by atoms with Gasteiger partial charge in [-0.2, -0.15) is 0 Å². The first-order valence-corrected chi connectivity index (χ1v) is 12.9. The van der Waals surface area contributed by atoms with Crippen molar-refractivity contribution in [2.45, 2.75) is 63.5 Å². The molecule has 3 aromatic rings. The van der Waals surface area contributed by atoms with Crippen molar-refractivity contribution in [2.75, 3.05) is 18.4 Å². The summed E-state index contributed by atoms with van der Waals surface area (Å²) in [5.74, 6) is 1.01. The van der Waals surface area contributed by atoms with Crippen LogP contribution in [0.5, 0.6) is 0 Å². The van der Waals surface area contributed by atoms with E-state index in [1.807, 2.05) is 12.4 Å². The summed E-state index contributed by atoms with van der Waals surface area (Å²) in [6, 6.07) is 6.92. The van der Waals surface area contributed by atoms with Crippen LogP contribution in [0.1, 0.15) is 51.9 Å². The van der Waals surface area contributed by atoms with Crippen molar-refractivity contribution in [3.05, 3.63) is 38.6 Å². The number of piperidine rings is 1. The molecule has 2 aliphatic rings. The minimum absolute atomic E-state index is 0.378. The van der Waals surface area contributed by atoms with E-state index in [4.69, 9.17) is 4.98 Å². The van der Waals surface area contributed by atoms with Gasteiger partial charge in [-0.25, -0.2) is 4.98 Å². The van der Waals surface area contributed by atoms with Gasteiger partial charge in [-0.3, -0.25) is 9.88 Å². The Morgan fingerprint density at radius 3 is 2.77 bits per heavy atom. The largest absolute Gasteiger partial charge is 0.366 e. The lowest BCUT2D eigenvalue weighted by atomic mass is 9.80. The van der Waals surface area contributed by atoms with Crippen LogP contribution in [0, 0.1) is 3.57 Å². The number of nitrogens with one attached hydrogen (secondary N) is 1. The molecule has 1 aliphatic carbocycles. The van der Waals surface area contributed by atoms with Gasteiger partial charge in [0.15, 0.2) is 0 Å². The third-order valence-corrected chi connectivity index (χ3v) is 8.36. The fourth-order valence-electron chi connectivity index (χ4n) is 5.38. The monoisotopic (exact) mass is 578 g/mol. The van der Waals surface area contributed by atoms with E-state index in [0.29, 0.717) is 11.6 Å². The Bertz CT molecular complexity index is 1080. The second kappa shape index (κ2) is 8.51. The van der Waals surface area contributed by atoms with Crippen molar-refractivity contribution in [3.63, 3.8) is 0 Å². The number of rotatable bonds is 3. The van der Waals surface area contributed by atoms with Crippen molar-refractivity contribution < 1.29 is 0 Å². The van der Waals surface area contributed by atoms with Gasteiger partial charge in [-0.05, 0) is 85.3 Å². The van der Waals surface area contributed by atoms with Gasteiger partial charge in [0.2, 0.25) is 0 Å². The average Bonchev–Trinajstić information content (AvgIpc) is 2.75. The van der Waals surface area contributed by atoms with Crippen molar-refractivity contribution in [2.24, 2.45) is 0 Å². The highest BCUT2D eigenvalue weighted by Gasteiger charge is 2.36. The predicted octanol–water partition coefficient (Wildman–Crippen LogP) is 6.75. The number of hydrogen-bond acceptors (Lipinski definition) is 4. The van der Waals surface area contributed by atoms with E-state index in [2.05, 4.69) is 78.8 Å². The zero-order valence-electron chi connectivity index (χ0n) is 17.4. The lowest BCUT2D eigenvalue weighted by Crippen LogP contribution is -2.54. The van der Waals surface area contributed by atoms with E-state index in [9.17, 15) is 0 Å². The normalized spacial score (nSPS) is 22.4. The third-order valence-electron chi connectivity index (χ3n) is 7.08. The molecule has 3 heterocycles. The number of pyridine rings is 2. The Hall–Kier alpha value is -0.990. The molecule has 0 unspecified atom stereocenters. The highest BCUT2D eigenvalue weighted by atomic mass is 127. The highest BCUT2D eigenvalue weighted by Crippen LogP contribution is 2.37. The summed E-state index contributed by atoms with van der Waals surface area (Å²) in [7, 11) is 0. The molecule has 0 bridgehead atoms. The summed E-state index contributed by atoms with van der Waals surface area (Å²) in [5, 5.41) is 7.35. The van der Waals surface area contributed by atoms with Gasteiger partial charge in [-0.15, -0.1) is 0 Å². The molecule has 0 radical (unpaired) electrons. The average molecular weight is 579 g/mol. The molecule has 0 spiro atoms. The number of aromatic nitrogens is 2. The summed E-state index contributed by atoms with van der Waals surface area (Å²) in [6.45, 7) is 4.84. The summed E-state index contributed by atoms with van der Waals surface area (Å²) in [6.07, 6.45) is 13.1. The molecule has 1 atom stereocenters. The van der Waals surface area contributed by atoms with E-state index in [1.54, 1.807) is 0 Å². The molecule has 4 nitrogen and oxygen atoms in total. The first-order valence-electron chi connectivity index (χ1n) is 11.1. The van der Waals surface area contributed by atoms with Gasteiger partial charge in [0, 0.05) is 45.8 Å². The standard InChI is InChI=1S/C24H28BrIN4/c1-24(9-3-2-4-10-24)30-11-5-6-17(15-30)28-23-18-8-7-16(25)12-19(18)20-13-27-14-21(26)22(20)29-23/h7-8,12-14,17H,2-6,9-11,15H2,1H3,(H,28,29)/t17-/m0/s1. The number of fused-ring (bicyclic) bond motifs is 3. The summed E-state index contributed by atoms with van der Waals surface area (Å²) < 4.78 is 2.18. The fraction of sp³-hybridized carbons (Fsp3) is 0.500. The zero-order valence-corrected chi connectivity index (χ0v) is 21.2. The molecule has 1 N–H and O–H groups in total. The molecule has 1 aliphatic heterocycles. The topological polar surface area (TPSA) is 41.0 Å². The van der Waals surface area contributed by atoms with E-state index in [0.717, 1.165) is 31.3 Å². The van der Waals surface area contributed by atoms with Crippen LogP contribution in [0.25, 0.3) is 21.7 Å². The first kappa shape index (κ1) is 20.9. The quantitative estimate of drug-likeness (QED) is 0.276. The number of anilines is 1. The fourth-order valence-corrected chi connectivity index (χ4v) is 6.31. The second-order valence-corrected chi connectivity index (χ2v) is 11.2. The third kappa shape index (κ3) is 3.95. The molecule has 158 valence electrons. The molecular formula is C24H28BrIN4. The smallest absolute Gasteiger partial charge is 0.134 e. The van der Waals surface area contributed by atoms with E-state index >= 15 is 0 Å². The maximum absolute atomic E-state index is 5.09. The Kier molecular flexibility index (Phi) is 5.92. The number of benzene rings is 1. The van der Waals surface area contributed by atoms with Gasteiger partial charge in [0.25, 0.3) is 0 Å². The van der Waals surface area contributed by atoms with Crippen LogP contribution in [0.15, 0.2) is 35.1 Å². The molecule has 30 heavy (non-hydrogen) atoms. The molecule has 1 saturated carbocycles. The second-order valence-electron chi connectivity index (χ2n) is 9.15. The van der Waals surface area contributed by atoms with E-state index in [1.165, 1.54) is 62.3 Å². The lowest BCUT2D eigenvalue weighted by molar-refractivity contribution is 0.0443. The Balaban J connectivity index is 1.49. The van der Waals surface area contributed by atoms with E-state index < -0.39 is 0 Å². The first-order chi connectivity index (χ1) is 14.5. The minimum atomic E-state index is 0.378. The maximum Gasteiger partial charge on any atom is 0.134 e. The molecule has 5 rings (SSSR count). The van der Waals surface area contributed by atoms with Crippen LogP contribution in [0.4, 0.5) is 5.82 Å². The van der Waals surface area contributed by atoms with Crippen LogP contribution in [0.2, 0.25) is 0 Å². The van der Waals surface area contributed by atoms with Gasteiger partial charge in [0.1, 0.15) is 5.82 Å². The Morgan fingerprint density at radius 2 is 1.93 bits per heavy atom. The van der Waals surface area contributed by atoms with Crippen LogP contribution in [-0.4, -0.2) is 39.5 Å². The molecule has 0 amide bonds. The van der Waals surface area contributed by atoms with Crippen LogP contribution >= 0.6 is 38.5 Å². The molecule has 2 aromatic heterocycles. The van der Waals surface area contributed by atoms with Crippen LogP contribution in [-0.2, 0) is 0 Å². The number of hydrogen-bond donors (Lipinski definition) is 1. The maximum atomic E-state index is 5.09. The molecular weight excluding hydrogens is 551 g/mol. The van der Waals surface area contributed by atoms with Crippen molar-refractivity contribution in [1.29, 1.82) is 0 Å². The van der Waals surface area contributed by atoms with Gasteiger partial charge in [0.05, 0.1) is 9.09 Å². The van der Waals surface area contributed by atoms with Crippen molar-refractivity contribution >= 4 is 66.0 Å². The van der Waals surface area contributed by atoms with Crippen molar-refractivity contribution in [3.8, 4) is 0 Å². The predicted molar refractivity (Wildman–Crippen MR) is 137 cm³/mol. The summed E-state index contributed by atoms with van der Waals surface area (Å²) in [4.78, 5) is 12.3. The number of likely N-dealkylation sites (tertiary alicyclic amines) is 1. The molecule has 1 aromatic carbocycles. The van der Waals surface area contributed by atoms with Crippen LogP contribution in [0.3, 0.4) is 0 Å². The van der Waals surface area contributed by atoms with Crippen molar-refractivity contribution in [1.82, 2.24) is 14.9 Å². The lowest BCUT2D eigenvalue weighted by Gasteiger charge is -2.48. The SMILES string of the molecule is CC1(N2CCC[C@H](Nc3nc4c(I)cncc4c4cc(Br)ccc34)C2)CCCCC1. The molecule has 1 saturated heterocycles. The summed E-state index contributed by atoms with van der Waals surface area (Å²) in [5.41, 5.74) is 1.41. The van der Waals surface area contributed by atoms with Gasteiger partial charge in [-0.1, -0.05) is 35.2 Å². The molecule has 6 heteroatoms. The Morgan fingerprint density at radius 1 is 1.10 bits per heavy atom. The zero-order chi connectivity index (χ0) is 20.7.